The molecule has 0 aliphatic carbocycles. The van der Waals surface area contributed by atoms with E-state index in [4.69, 9.17) is 4.98 Å². The third kappa shape index (κ3) is 4.19. The predicted molar refractivity (Wildman–Crippen MR) is 118 cm³/mol. The number of hydrogen-bond donors (Lipinski definition) is 2. The van der Waals surface area contributed by atoms with Gasteiger partial charge in [0.05, 0.1) is 40.2 Å². The zero-order valence-corrected chi connectivity index (χ0v) is 18.5. The summed E-state index contributed by atoms with van der Waals surface area (Å²) in [6.07, 6.45) is -0.220. The second-order valence-corrected chi connectivity index (χ2v) is 8.61. The fourth-order valence-electron chi connectivity index (χ4n) is 3.57. The number of nitrogens with zero attached hydrogens (tertiary/aromatic N) is 5. The Morgan fingerprint density at radius 2 is 1.97 bits per heavy atom. The third-order valence-electron chi connectivity index (χ3n) is 5.75. The smallest absolute Gasteiger partial charge is 0.352 e. The molecule has 3 aromatic heterocycles. The Labute approximate surface area is 184 Å². The zero-order valence-electron chi connectivity index (χ0n) is 18.5. The van der Waals surface area contributed by atoms with E-state index in [1.54, 1.807) is 16.9 Å². The molecule has 0 aromatic carbocycles. The number of anilines is 1. The largest absolute Gasteiger partial charge is 0.395 e. The molecule has 0 fully saturated rings. The van der Waals surface area contributed by atoms with E-state index >= 15 is 0 Å². The standard InChI is InChI=1S/C22H26F3N7/c1-5-26-17-10-18-16(29-13(17)2)7-6-15(30-18)14-8-9-32-19(14)11-27-20(31-32)28-12-21(3,4)22(23,24)25/h6-9,11,17,26H,5,10,12H2,1-4H3,(H,28,31). The van der Waals surface area contributed by atoms with Crippen molar-refractivity contribution in [2.24, 2.45) is 10.4 Å². The molecule has 0 bridgehead atoms. The maximum atomic E-state index is 13.1. The summed E-state index contributed by atoms with van der Waals surface area (Å²) < 4.78 is 40.8. The SMILES string of the molecule is CCNC1Cc2nc(-c3ccn4nc(NCC(C)(C)C(F)(F)F)ncc34)ccc2N=C1C. The van der Waals surface area contributed by atoms with Gasteiger partial charge < -0.3 is 10.6 Å². The highest BCUT2D eigenvalue weighted by Gasteiger charge is 2.47. The lowest BCUT2D eigenvalue weighted by Crippen LogP contribution is -2.38. The van der Waals surface area contributed by atoms with Gasteiger partial charge in [0.25, 0.3) is 0 Å². The second-order valence-electron chi connectivity index (χ2n) is 8.61. The first-order valence-electron chi connectivity index (χ1n) is 10.5. The van der Waals surface area contributed by atoms with Crippen molar-refractivity contribution in [3.63, 3.8) is 0 Å². The number of fused-ring (bicyclic) bond motifs is 2. The summed E-state index contributed by atoms with van der Waals surface area (Å²) >= 11 is 0. The Hall–Kier alpha value is -3.01. The minimum atomic E-state index is -4.32. The van der Waals surface area contributed by atoms with E-state index in [2.05, 4.69) is 32.6 Å². The first-order valence-corrected chi connectivity index (χ1v) is 10.5. The van der Waals surface area contributed by atoms with E-state index in [0.717, 1.165) is 60.7 Å². The van der Waals surface area contributed by atoms with Crippen LogP contribution in [0.15, 0.2) is 35.6 Å². The van der Waals surface area contributed by atoms with Crippen LogP contribution in [0.4, 0.5) is 24.8 Å². The quantitative estimate of drug-likeness (QED) is 0.587. The van der Waals surface area contributed by atoms with Crippen molar-refractivity contribution in [2.75, 3.05) is 18.4 Å². The molecule has 4 rings (SSSR count). The summed E-state index contributed by atoms with van der Waals surface area (Å²) in [5.74, 6) is 0.133. The topological polar surface area (TPSA) is 79.5 Å². The van der Waals surface area contributed by atoms with Crippen LogP contribution in [-0.4, -0.2) is 50.6 Å². The predicted octanol–water partition coefficient (Wildman–Crippen LogP) is 4.42. The molecule has 1 aliphatic heterocycles. The van der Waals surface area contributed by atoms with Gasteiger partial charge in [-0.2, -0.15) is 13.2 Å². The normalized spacial score (nSPS) is 16.7. The number of alkyl halides is 3. The molecule has 0 saturated heterocycles. The van der Waals surface area contributed by atoms with Crippen molar-refractivity contribution in [1.82, 2.24) is 24.9 Å². The van der Waals surface area contributed by atoms with E-state index in [9.17, 15) is 13.2 Å². The average Bonchev–Trinajstić information content (AvgIpc) is 3.15. The van der Waals surface area contributed by atoms with Gasteiger partial charge in [-0.3, -0.25) is 9.98 Å². The molecule has 3 aromatic rings. The highest BCUT2D eigenvalue weighted by atomic mass is 19.4. The fourth-order valence-corrected chi connectivity index (χ4v) is 3.57. The Morgan fingerprint density at radius 3 is 2.69 bits per heavy atom. The first kappa shape index (κ1) is 22.2. The molecule has 1 atom stereocenters. The van der Waals surface area contributed by atoms with Gasteiger partial charge in [0, 0.05) is 30.4 Å². The van der Waals surface area contributed by atoms with Gasteiger partial charge in [-0.05, 0) is 45.5 Å². The number of pyridine rings is 1. The van der Waals surface area contributed by atoms with Crippen LogP contribution in [0.3, 0.4) is 0 Å². The van der Waals surface area contributed by atoms with Crippen molar-refractivity contribution >= 4 is 22.9 Å². The second kappa shape index (κ2) is 8.16. The highest BCUT2D eigenvalue weighted by Crippen LogP contribution is 2.37. The minimum absolute atomic E-state index is 0.133. The van der Waals surface area contributed by atoms with Crippen molar-refractivity contribution < 1.29 is 13.2 Å². The summed E-state index contributed by atoms with van der Waals surface area (Å²) in [7, 11) is 0. The fraction of sp³-hybridized carbons (Fsp3) is 0.455. The van der Waals surface area contributed by atoms with Crippen LogP contribution in [-0.2, 0) is 6.42 Å². The Balaban J connectivity index is 1.58. The maximum absolute atomic E-state index is 13.1. The minimum Gasteiger partial charge on any atom is -0.352 e. The lowest BCUT2D eigenvalue weighted by Gasteiger charge is -2.27. The van der Waals surface area contributed by atoms with Crippen molar-refractivity contribution in [3.8, 4) is 11.3 Å². The summed E-state index contributed by atoms with van der Waals surface area (Å²) in [5.41, 5.74) is 3.29. The molecule has 0 radical (unpaired) electrons. The average molecular weight is 445 g/mol. The molecule has 32 heavy (non-hydrogen) atoms. The lowest BCUT2D eigenvalue weighted by molar-refractivity contribution is -0.206. The van der Waals surface area contributed by atoms with E-state index in [1.165, 1.54) is 0 Å². The van der Waals surface area contributed by atoms with Crippen molar-refractivity contribution in [2.45, 2.75) is 46.3 Å². The molecule has 0 spiro atoms. The monoisotopic (exact) mass is 445 g/mol. The first-order chi connectivity index (χ1) is 15.1. The number of aliphatic imine (C=N–C) groups is 1. The summed E-state index contributed by atoms with van der Waals surface area (Å²) in [4.78, 5) is 13.7. The Bertz CT molecular complexity index is 1160. The van der Waals surface area contributed by atoms with Crippen LogP contribution in [0.25, 0.3) is 16.8 Å². The lowest BCUT2D eigenvalue weighted by atomic mass is 9.93. The van der Waals surface area contributed by atoms with E-state index in [0.29, 0.717) is 0 Å². The number of aromatic nitrogens is 4. The van der Waals surface area contributed by atoms with Gasteiger partial charge in [-0.1, -0.05) is 6.92 Å². The van der Waals surface area contributed by atoms with E-state index < -0.39 is 11.6 Å². The van der Waals surface area contributed by atoms with Gasteiger partial charge >= 0.3 is 6.18 Å². The van der Waals surface area contributed by atoms with Gasteiger partial charge in [-0.25, -0.2) is 9.50 Å². The highest BCUT2D eigenvalue weighted by molar-refractivity contribution is 5.92. The molecule has 1 unspecified atom stereocenters. The van der Waals surface area contributed by atoms with E-state index in [1.807, 2.05) is 25.1 Å². The third-order valence-corrected chi connectivity index (χ3v) is 5.75. The van der Waals surface area contributed by atoms with Crippen LogP contribution in [0.2, 0.25) is 0 Å². The van der Waals surface area contributed by atoms with Gasteiger partial charge in [-0.15, -0.1) is 5.10 Å². The van der Waals surface area contributed by atoms with Gasteiger partial charge in [0.1, 0.15) is 0 Å². The summed E-state index contributed by atoms with van der Waals surface area (Å²) in [6, 6.07) is 5.92. The molecular formula is C22H26F3N7. The van der Waals surface area contributed by atoms with Gasteiger partial charge in [0.15, 0.2) is 0 Å². The Kier molecular flexibility index (Phi) is 5.66. The molecule has 2 N–H and O–H groups in total. The number of hydrogen-bond acceptors (Lipinski definition) is 6. The number of likely N-dealkylation sites (N-methyl/N-ethyl adjacent to an activating group) is 1. The van der Waals surface area contributed by atoms with Crippen LogP contribution >= 0.6 is 0 Å². The molecule has 0 amide bonds. The zero-order chi connectivity index (χ0) is 23.1. The number of rotatable bonds is 6. The van der Waals surface area contributed by atoms with Gasteiger partial charge in [0.2, 0.25) is 5.95 Å². The van der Waals surface area contributed by atoms with Crippen LogP contribution in [0.5, 0.6) is 0 Å². The maximum Gasteiger partial charge on any atom is 0.395 e. The van der Waals surface area contributed by atoms with Crippen molar-refractivity contribution in [1.29, 1.82) is 0 Å². The summed E-state index contributed by atoms with van der Waals surface area (Å²) in [5, 5.41) is 10.4. The van der Waals surface area contributed by atoms with Crippen LogP contribution in [0, 0.1) is 5.41 Å². The molecule has 1 aliphatic rings. The number of nitrogens with one attached hydrogen (secondary N) is 2. The molecule has 7 nitrogen and oxygen atoms in total. The molecule has 170 valence electrons. The molecule has 10 heteroatoms. The van der Waals surface area contributed by atoms with Crippen LogP contribution in [0.1, 0.15) is 33.4 Å². The molecule has 4 heterocycles. The molecule has 0 saturated carbocycles. The summed E-state index contributed by atoms with van der Waals surface area (Å²) in [6.45, 7) is 6.89. The Morgan fingerprint density at radius 1 is 1.19 bits per heavy atom. The van der Waals surface area contributed by atoms with Crippen LogP contribution < -0.4 is 10.6 Å². The molecular weight excluding hydrogens is 419 g/mol. The van der Waals surface area contributed by atoms with Crippen molar-refractivity contribution in [3.05, 3.63) is 36.3 Å². The van der Waals surface area contributed by atoms with E-state index in [-0.39, 0.29) is 18.5 Å². The number of halogens is 3.